The number of benzene rings is 1. The molecule has 1 aromatic heterocycles. The maximum absolute atomic E-state index is 14.0. The molecule has 6 rings (SSSR count). The Labute approximate surface area is 182 Å². The summed E-state index contributed by atoms with van der Waals surface area (Å²) in [7, 11) is 0. The maximum Gasteiger partial charge on any atom is 0.250 e. The van der Waals surface area contributed by atoms with Gasteiger partial charge in [-0.05, 0) is 42.4 Å². The molecule has 4 atom stereocenters. The average Bonchev–Trinajstić information content (AvgIpc) is 3.58. The number of hydrogen-bond donors (Lipinski definition) is 1. The van der Waals surface area contributed by atoms with Crippen LogP contribution in [0.3, 0.4) is 0 Å². The van der Waals surface area contributed by atoms with E-state index in [1.165, 1.54) is 24.0 Å². The van der Waals surface area contributed by atoms with E-state index in [2.05, 4.69) is 23.1 Å². The molecule has 3 aliphatic heterocycles. The summed E-state index contributed by atoms with van der Waals surface area (Å²) in [6, 6.07) is 13.7. The van der Waals surface area contributed by atoms with Gasteiger partial charge in [0.05, 0.1) is 12.0 Å². The molecule has 2 fully saturated rings. The lowest BCUT2D eigenvalue weighted by Crippen LogP contribution is -2.47. The Morgan fingerprint density at radius 3 is 2.65 bits per heavy atom. The van der Waals surface area contributed by atoms with Crippen LogP contribution in [0.15, 0.2) is 47.3 Å². The van der Waals surface area contributed by atoms with Gasteiger partial charge in [-0.3, -0.25) is 14.5 Å². The van der Waals surface area contributed by atoms with Crippen LogP contribution >= 0.6 is 0 Å². The number of hydrogen-bond acceptors (Lipinski definition) is 4. The standard InChI is InChI=1S/C25H29N3O3/c29-15-19-21-14-27-20(6-3-7-22(27)30)24(28(21)12-16-8-9-16)23(19)25(31)26-11-10-17-4-1-2-5-18(17)13-26/h1-7,16,19,21,23-24,29H,8-15H2/t19-,21-,23+,24+/m0/s1. The smallest absolute Gasteiger partial charge is 0.250 e. The molecule has 1 saturated carbocycles. The number of aliphatic hydroxyl groups excluding tert-OH is 1. The van der Waals surface area contributed by atoms with Crippen LogP contribution in [-0.4, -0.2) is 51.1 Å². The molecule has 4 aliphatic rings. The van der Waals surface area contributed by atoms with Crippen LogP contribution in [-0.2, 0) is 24.3 Å². The zero-order chi connectivity index (χ0) is 21.1. The first-order valence-electron chi connectivity index (χ1n) is 11.6. The highest BCUT2D eigenvalue weighted by molar-refractivity contribution is 5.81. The number of rotatable bonds is 4. The number of amides is 1. The minimum Gasteiger partial charge on any atom is -0.396 e. The van der Waals surface area contributed by atoms with Gasteiger partial charge in [-0.2, -0.15) is 0 Å². The monoisotopic (exact) mass is 419 g/mol. The number of aliphatic hydroxyl groups is 1. The zero-order valence-corrected chi connectivity index (χ0v) is 17.7. The molecule has 162 valence electrons. The minimum atomic E-state index is -0.311. The molecule has 0 radical (unpaired) electrons. The van der Waals surface area contributed by atoms with Gasteiger partial charge in [0.2, 0.25) is 5.91 Å². The molecule has 2 aromatic rings. The molecule has 1 aliphatic carbocycles. The van der Waals surface area contributed by atoms with E-state index in [1.54, 1.807) is 6.07 Å². The molecule has 0 spiro atoms. The summed E-state index contributed by atoms with van der Waals surface area (Å²) in [5.41, 5.74) is 3.48. The second-order valence-electron chi connectivity index (χ2n) is 9.70. The van der Waals surface area contributed by atoms with E-state index < -0.39 is 0 Å². The molecular formula is C25H29N3O3. The van der Waals surface area contributed by atoms with Crippen molar-refractivity contribution in [2.24, 2.45) is 17.8 Å². The number of carbonyl (C=O) groups excluding carboxylic acids is 1. The quantitative estimate of drug-likeness (QED) is 0.821. The Balaban J connectivity index is 1.38. The van der Waals surface area contributed by atoms with Crippen molar-refractivity contribution in [2.45, 2.75) is 44.4 Å². The number of aromatic nitrogens is 1. The SMILES string of the molecule is O=C([C@@H]1[C@@H](CO)[C@@H]2Cn3c(cccc3=O)[C@H]1N2CC1CC1)N1CCc2ccccc2C1. The Bertz CT molecular complexity index is 1080. The van der Waals surface area contributed by atoms with Gasteiger partial charge in [0.25, 0.3) is 5.56 Å². The van der Waals surface area contributed by atoms with Gasteiger partial charge in [-0.1, -0.05) is 30.3 Å². The lowest BCUT2D eigenvalue weighted by molar-refractivity contribution is -0.139. The highest BCUT2D eigenvalue weighted by atomic mass is 16.3. The number of nitrogens with zero attached hydrogens (tertiary/aromatic N) is 3. The zero-order valence-electron chi connectivity index (χ0n) is 17.7. The summed E-state index contributed by atoms with van der Waals surface area (Å²) < 4.78 is 1.85. The predicted molar refractivity (Wildman–Crippen MR) is 116 cm³/mol. The Morgan fingerprint density at radius 1 is 1.06 bits per heavy atom. The van der Waals surface area contributed by atoms with Crippen molar-refractivity contribution in [1.82, 2.24) is 14.4 Å². The average molecular weight is 420 g/mol. The number of fused-ring (bicyclic) bond motifs is 5. The number of carbonyl (C=O) groups is 1. The van der Waals surface area contributed by atoms with E-state index >= 15 is 0 Å². The largest absolute Gasteiger partial charge is 0.396 e. The third-order valence-corrected chi connectivity index (χ3v) is 7.94. The van der Waals surface area contributed by atoms with Crippen molar-refractivity contribution >= 4 is 5.91 Å². The van der Waals surface area contributed by atoms with Crippen LogP contribution in [0.25, 0.3) is 0 Å². The first kappa shape index (κ1) is 19.3. The van der Waals surface area contributed by atoms with Crippen LogP contribution in [0.5, 0.6) is 0 Å². The molecule has 4 heterocycles. The third-order valence-electron chi connectivity index (χ3n) is 7.94. The van der Waals surface area contributed by atoms with Crippen molar-refractivity contribution in [3.63, 3.8) is 0 Å². The van der Waals surface area contributed by atoms with E-state index in [4.69, 9.17) is 0 Å². The summed E-state index contributed by atoms with van der Waals surface area (Å²) in [5.74, 6) is 0.357. The van der Waals surface area contributed by atoms with Crippen LogP contribution < -0.4 is 5.56 Å². The first-order chi connectivity index (χ1) is 15.2. The van der Waals surface area contributed by atoms with Crippen molar-refractivity contribution in [2.75, 3.05) is 19.7 Å². The fraction of sp³-hybridized carbons (Fsp3) is 0.520. The molecule has 2 bridgehead atoms. The van der Waals surface area contributed by atoms with E-state index in [-0.39, 0.29) is 42.0 Å². The predicted octanol–water partition coefficient (Wildman–Crippen LogP) is 1.81. The van der Waals surface area contributed by atoms with Gasteiger partial charge in [0.15, 0.2) is 0 Å². The van der Waals surface area contributed by atoms with Crippen LogP contribution in [0.2, 0.25) is 0 Å². The Kier molecular flexibility index (Phi) is 4.54. The van der Waals surface area contributed by atoms with Crippen molar-refractivity contribution in [3.05, 3.63) is 69.6 Å². The van der Waals surface area contributed by atoms with Gasteiger partial charge < -0.3 is 14.6 Å². The fourth-order valence-corrected chi connectivity index (χ4v) is 6.20. The minimum absolute atomic E-state index is 0.00439. The number of pyridine rings is 1. The highest BCUT2D eigenvalue weighted by Gasteiger charge is 2.57. The van der Waals surface area contributed by atoms with Gasteiger partial charge in [0, 0.05) is 56.5 Å². The second-order valence-corrected chi connectivity index (χ2v) is 9.70. The van der Waals surface area contributed by atoms with Gasteiger partial charge >= 0.3 is 0 Å². The summed E-state index contributed by atoms with van der Waals surface area (Å²) in [5, 5.41) is 10.4. The summed E-state index contributed by atoms with van der Waals surface area (Å²) in [6.07, 6.45) is 3.35. The molecule has 1 amide bonds. The lowest BCUT2D eigenvalue weighted by atomic mass is 9.85. The molecule has 1 saturated heterocycles. The van der Waals surface area contributed by atoms with Crippen LogP contribution in [0.1, 0.15) is 35.7 Å². The molecule has 1 aromatic carbocycles. The molecule has 31 heavy (non-hydrogen) atoms. The molecule has 1 N–H and O–H groups in total. The summed E-state index contributed by atoms with van der Waals surface area (Å²) in [4.78, 5) is 31.0. The Morgan fingerprint density at radius 2 is 1.87 bits per heavy atom. The van der Waals surface area contributed by atoms with Gasteiger partial charge in [0.1, 0.15) is 0 Å². The maximum atomic E-state index is 14.0. The van der Waals surface area contributed by atoms with Gasteiger partial charge in [-0.25, -0.2) is 0 Å². The van der Waals surface area contributed by atoms with E-state index in [0.29, 0.717) is 25.6 Å². The molecular weight excluding hydrogens is 390 g/mol. The van der Waals surface area contributed by atoms with Crippen LogP contribution in [0, 0.1) is 17.8 Å². The highest BCUT2D eigenvalue weighted by Crippen LogP contribution is 2.50. The summed E-state index contributed by atoms with van der Waals surface area (Å²) in [6.45, 7) is 2.85. The van der Waals surface area contributed by atoms with Gasteiger partial charge in [-0.15, -0.1) is 0 Å². The van der Waals surface area contributed by atoms with Crippen molar-refractivity contribution in [3.8, 4) is 0 Å². The van der Waals surface area contributed by atoms with E-state index in [1.807, 2.05) is 27.7 Å². The van der Waals surface area contributed by atoms with E-state index in [0.717, 1.165) is 18.7 Å². The topological polar surface area (TPSA) is 65.8 Å². The normalized spacial score (nSPS) is 29.5. The molecule has 6 heteroatoms. The van der Waals surface area contributed by atoms with Crippen LogP contribution in [0.4, 0.5) is 0 Å². The Hall–Kier alpha value is -2.44. The molecule has 0 unspecified atom stereocenters. The van der Waals surface area contributed by atoms with Crippen molar-refractivity contribution in [1.29, 1.82) is 0 Å². The van der Waals surface area contributed by atoms with E-state index in [9.17, 15) is 14.7 Å². The first-order valence-corrected chi connectivity index (χ1v) is 11.6. The van der Waals surface area contributed by atoms with Crippen molar-refractivity contribution < 1.29 is 9.90 Å². The second kappa shape index (κ2) is 7.31. The summed E-state index contributed by atoms with van der Waals surface area (Å²) >= 11 is 0. The lowest BCUT2D eigenvalue weighted by Gasteiger charge is -2.38. The fourth-order valence-electron chi connectivity index (χ4n) is 6.20. The molecule has 6 nitrogen and oxygen atoms in total. The third kappa shape index (κ3) is 3.07.